The molecule has 17 heavy (non-hydrogen) atoms. The van der Waals surface area contributed by atoms with E-state index in [1.54, 1.807) is 11.6 Å². The molecule has 3 N–H and O–H groups in total. The van der Waals surface area contributed by atoms with Gasteiger partial charge in [-0.1, -0.05) is 0 Å². The third-order valence-corrected chi connectivity index (χ3v) is 3.29. The number of aromatic carboxylic acids is 1. The van der Waals surface area contributed by atoms with Crippen LogP contribution in [0.3, 0.4) is 0 Å². The van der Waals surface area contributed by atoms with Crippen molar-refractivity contribution >= 4 is 22.7 Å². The Labute approximate surface area is 97.9 Å². The minimum atomic E-state index is -1.02. The van der Waals surface area contributed by atoms with Crippen LogP contribution in [-0.2, 0) is 7.05 Å². The second kappa shape index (κ2) is 3.23. The van der Waals surface area contributed by atoms with Gasteiger partial charge in [0.25, 0.3) is 0 Å². The summed E-state index contributed by atoms with van der Waals surface area (Å²) in [6, 6.07) is 3.82. The molecule has 2 aromatic heterocycles. The van der Waals surface area contributed by atoms with Gasteiger partial charge in [0, 0.05) is 24.0 Å². The maximum Gasteiger partial charge on any atom is 0.354 e. The summed E-state index contributed by atoms with van der Waals surface area (Å²) in [6.45, 7) is 0. The topological polar surface area (TPSA) is 81.1 Å². The molecule has 1 saturated carbocycles. The molecular weight excluding hydrogens is 218 g/mol. The number of aromatic nitrogens is 2. The number of nitrogens with two attached hydrogens (primary N) is 1. The van der Waals surface area contributed by atoms with Crippen LogP contribution in [0.2, 0.25) is 0 Å². The number of hydrogen-bond donors (Lipinski definition) is 2. The fourth-order valence-corrected chi connectivity index (χ4v) is 2.21. The molecular formula is C12H13N3O2. The zero-order valence-corrected chi connectivity index (χ0v) is 9.47. The Hall–Kier alpha value is -2.04. The van der Waals surface area contributed by atoms with E-state index in [0.717, 1.165) is 5.69 Å². The molecule has 5 nitrogen and oxygen atoms in total. The molecule has 0 aliphatic heterocycles. The number of aryl methyl sites for hydroxylation is 1. The van der Waals surface area contributed by atoms with Crippen LogP contribution < -0.4 is 5.73 Å². The number of nitrogen functional groups attached to an aromatic ring is 1. The van der Waals surface area contributed by atoms with Crippen molar-refractivity contribution in [1.29, 1.82) is 0 Å². The molecule has 1 aliphatic carbocycles. The second-order valence-electron chi connectivity index (χ2n) is 4.51. The van der Waals surface area contributed by atoms with Crippen molar-refractivity contribution in [3.05, 3.63) is 23.5 Å². The lowest BCUT2D eigenvalue weighted by Gasteiger charge is -2.00. The van der Waals surface area contributed by atoms with Crippen LogP contribution in [-0.4, -0.2) is 20.6 Å². The van der Waals surface area contributed by atoms with E-state index < -0.39 is 5.97 Å². The highest BCUT2D eigenvalue weighted by atomic mass is 16.4. The molecule has 0 radical (unpaired) electrons. The number of carboxylic acids is 1. The zero-order valence-electron chi connectivity index (χ0n) is 9.47. The van der Waals surface area contributed by atoms with Gasteiger partial charge < -0.3 is 15.4 Å². The van der Waals surface area contributed by atoms with Crippen molar-refractivity contribution in [2.24, 2.45) is 7.05 Å². The van der Waals surface area contributed by atoms with Crippen molar-refractivity contribution < 1.29 is 9.90 Å². The summed E-state index contributed by atoms with van der Waals surface area (Å²) in [5.41, 5.74) is 7.94. The molecule has 2 heterocycles. The van der Waals surface area contributed by atoms with Crippen LogP contribution >= 0.6 is 0 Å². The van der Waals surface area contributed by atoms with Crippen LogP contribution in [0.15, 0.2) is 12.1 Å². The third kappa shape index (κ3) is 1.39. The lowest BCUT2D eigenvalue weighted by atomic mass is 10.2. The van der Waals surface area contributed by atoms with Crippen LogP contribution in [0, 0.1) is 0 Å². The molecule has 0 saturated heterocycles. The summed E-state index contributed by atoms with van der Waals surface area (Å²) >= 11 is 0. The largest absolute Gasteiger partial charge is 0.477 e. The molecule has 5 heteroatoms. The van der Waals surface area contributed by atoms with Gasteiger partial charge in [-0.05, 0) is 25.0 Å². The van der Waals surface area contributed by atoms with Crippen LogP contribution in [0.25, 0.3) is 11.0 Å². The number of nitrogens with zero attached hydrogens (tertiary/aromatic N) is 2. The van der Waals surface area contributed by atoms with E-state index >= 15 is 0 Å². The van der Waals surface area contributed by atoms with Gasteiger partial charge in [0.2, 0.25) is 0 Å². The number of pyridine rings is 1. The molecule has 1 fully saturated rings. The predicted molar refractivity (Wildman–Crippen MR) is 64.1 cm³/mol. The molecule has 0 atom stereocenters. The molecule has 1 aliphatic rings. The number of carbonyl (C=O) groups is 1. The smallest absolute Gasteiger partial charge is 0.354 e. The summed E-state index contributed by atoms with van der Waals surface area (Å²) in [6.07, 6.45) is 2.34. The van der Waals surface area contributed by atoms with Crippen molar-refractivity contribution in [3.63, 3.8) is 0 Å². The van der Waals surface area contributed by atoms with Gasteiger partial charge in [0.15, 0.2) is 5.69 Å². The molecule has 2 aromatic rings. The lowest BCUT2D eigenvalue weighted by Crippen LogP contribution is -2.07. The second-order valence-corrected chi connectivity index (χ2v) is 4.51. The Morgan fingerprint density at radius 2 is 2.24 bits per heavy atom. The summed E-state index contributed by atoms with van der Waals surface area (Å²) in [5, 5.41) is 9.83. The summed E-state index contributed by atoms with van der Waals surface area (Å²) in [4.78, 5) is 15.6. The van der Waals surface area contributed by atoms with Gasteiger partial charge in [0.1, 0.15) is 5.65 Å². The quantitative estimate of drug-likeness (QED) is 0.824. The molecule has 3 rings (SSSR count). The average Bonchev–Trinajstić information content (AvgIpc) is 3.08. The first kappa shape index (κ1) is 10.1. The summed E-state index contributed by atoms with van der Waals surface area (Å²) < 4.78 is 1.55. The Morgan fingerprint density at radius 3 is 2.82 bits per heavy atom. The summed E-state index contributed by atoms with van der Waals surface area (Å²) in [7, 11) is 1.69. The average molecular weight is 231 g/mol. The van der Waals surface area contributed by atoms with E-state index in [1.807, 2.05) is 12.1 Å². The Balaban J connectivity index is 2.29. The highest BCUT2D eigenvalue weighted by molar-refractivity contribution is 6.04. The molecule has 0 aromatic carbocycles. The molecule has 88 valence electrons. The molecule has 0 bridgehead atoms. The van der Waals surface area contributed by atoms with Gasteiger partial charge in [-0.2, -0.15) is 0 Å². The van der Waals surface area contributed by atoms with E-state index in [1.165, 1.54) is 12.8 Å². The van der Waals surface area contributed by atoms with Crippen molar-refractivity contribution in [1.82, 2.24) is 9.55 Å². The SMILES string of the molecule is Cn1c(C(=O)O)c(N)c2ccc(C3CC3)nc21. The molecule has 0 amide bonds. The monoisotopic (exact) mass is 231 g/mol. The number of carboxylic acid groups (broad SMARTS) is 1. The third-order valence-electron chi connectivity index (χ3n) is 3.29. The first-order chi connectivity index (χ1) is 8.09. The van der Waals surface area contributed by atoms with Gasteiger partial charge >= 0.3 is 5.97 Å². The van der Waals surface area contributed by atoms with Crippen molar-refractivity contribution in [3.8, 4) is 0 Å². The summed E-state index contributed by atoms with van der Waals surface area (Å²) in [5.74, 6) is -0.472. The number of rotatable bonds is 2. The lowest BCUT2D eigenvalue weighted by molar-refractivity contribution is 0.0688. The maximum atomic E-state index is 11.1. The van der Waals surface area contributed by atoms with E-state index in [-0.39, 0.29) is 5.69 Å². The van der Waals surface area contributed by atoms with E-state index in [0.29, 0.717) is 22.6 Å². The van der Waals surface area contributed by atoms with Gasteiger partial charge in [-0.3, -0.25) is 0 Å². The zero-order chi connectivity index (χ0) is 12.2. The fraction of sp³-hybridized carbons (Fsp3) is 0.333. The maximum absolute atomic E-state index is 11.1. The Kier molecular flexibility index (Phi) is 1.92. The van der Waals surface area contributed by atoms with Crippen LogP contribution in [0.5, 0.6) is 0 Å². The van der Waals surface area contributed by atoms with E-state index in [4.69, 9.17) is 10.8 Å². The van der Waals surface area contributed by atoms with Gasteiger partial charge in [-0.15, -0.1) is 0 Å². The Bertz CT molecular complexity index is 626. The minimum Gasteiger partial charge on any atom is -0.477 e. The molecule has 0 spiro atoms. The number of anilines is 1. The van der Waals surface area contributed by atoms with Crippen molar-refractivity contribution in [2.75, 3.05) is 5.73 Å². The van der Waals surface area contributed by atoms with Crippen LogP contribution in [0.4, 0.5) is 5.69 Å². The number of hydrogen-bond acceptors (Lipinski definition) is 3. The molecule has 0 unspecified atom stereocenters. The van der Waals surface area contributed by atoms with Crippen LogP contribution in [0.1, 0.15) is 34.9 Å². The highest BCUT2D eigenvalue weighted by Gasteiger charge is 2.26. The minimum absolute atomic E-state index is 0.112. The highest BCUT2D eigenvalue weighted by Crippen LogP contribution is 2.40. The van der Waals surface area contributed by atoms with E-state index in [9.17, 15) is 4.79 Å². The first-order valence-electron chi connectivity index (χ1n) is 5.57. The Morgan fingerprint density at radius 1 is 1.53 bits per heavy atom. The number of fused-ring (bicyclic) bond motifs is 1. The first-order valence-corrected chi connectivity index (χ1v) is 5.57. The van der Waals surface area contributed by atoms with Gasteiger partial charge in [0.05, 0.1) is 5.69 Å². The predicted octanol–water partition coefficient (Wildman–Crippen LogP) is 1.73. The van der Waals surface area contributed by atoms with E-state index in [2.05, 4.69) is 4.98 Å². The van der Waals surface area contributed by atoms with Crippen molar-refractivity contribution in [2.45, 2.75) is 18.8 Å². The standard InChI is InChI=1S/C12H13N3O2/c1-15-10(12(16)17)9(13)7-4-5-8(6-2-3-6)14-11(7)15/h4-6H,2-3,13H2,1H3,(H,16,17). The van der Waals surface area contributed by atoms with Gasteiger partial charge in [-0.25, -0.2) is 9.78 Å². The fourth-order valence-electron chi connectivity index (χ4n) is 2.21. The normalized spacial score (nSPS) is 15.4.